The number of ether oxygens (including phenoxy) is 1. The molecule has 4 rings (SSSR count). The molecule has 1 fully saturated rings. The lowest BCUT2D eigenvalue weighted by molar-refractivity contribution is -0.117. The molecule has 1 saturated heterocycles. The molecule has 0 unspecified atom stereocenters. The monoisotopic (exact) mass is 442 g/mol. The van der Waals surface area contributed by atoms with Crippen LogP contribution < -0.4 is 10.1 Å². The number of aromatic nitrogens is 1. The Morgan fingerprint density at radius 1 is 1.15 bits per heavy atom. The minimum Gasteiger partial charge on any atom is -0.497 e. The van der Waals surface area contributed by atoms with Crippen LogP contribution in [0.2, 0.25) is 0 Å². The van der Waals surface area contributed by atoms with Gasteiger partial charge in [0.1, 0.15) is 17.6 Å². The molecule has 1 N–H and O–H groups in total. The molecular formula is C27H30N4O2. The van der Waals surface area contributed by atoms with Crippen LogP contribution in [0.25, 0.3) is 0 Å². The van der Waals surface area contributed by atoms with Gasteiger partial charge in [0, 0.05) is 18.3 Å². The van der Waals surface area contributed by atoms with E-state index in [0.717, 1.165) is 42.0 Å². The average molecular weight is 443 g/mol. The summed E-state index contributed by atoms with van der Waals surface area (Å²) in [5, 5.41) is 12.9. The Balaban J connectivity index is 1.53. The molecule has 0 saturated carbocycles. The molecule has 1 amide bonds. The Kier molecular flexibility index (Phi) is 6.81. The molecule has 6 heteroatoms. The van der Waals surface area contributed by atoms with Crippen LogP contribution in [0.3, 0.4) is 0 Å². The maximum Gasteiger partial charge on any atom is 0.239 e. The van der Waals surface area contributed by atoms with E-state index in [2.05, 4.69) is 40.6 Å². The molecule has 1 aromatic heterocycles. The lowest BCUT2D eigenvalue weighted by Gasteiger charge is -2.24. The molecule has 170 valence electrons. The van der Waals surface area contributed by atoms with Crippen LogP contribution in [0.1, 0.15) is 46.8 Å². The van der Waals surface area contributed by atoms with E-state index in [0.29, 0.717) is 17.9 Å². The van der Waals surface area contributed by atoms with Crippen molar-refractivity contribution in [1.29, 1.82) is 5.26 Å². The van der Waals surface area contributed by atoms with E-state index in [9.17, 15) is 10.1 Å². The number of nitriles is 1. The first-order chi connectivity index (χ1) is 16.0. The van der Waals surface area contributed by atoms with Gasteiger partial charge in [-0.3, -0.25) is 9.69 Å². The van der Waals surface area contributed by atoms with Crippen molar-refractivity contribution in [3.8, 4) is 11.8 Å². The van der Waals surface area contributed by atoms with E-state index >= 15 is 0 Å². The van der Waals surface area contributed by atoms with Crippen molar-refractivity contribution in [2.75, 3.05) is 25.5 Å². The average Bonchev–Trinajstić information content (AvgIpc) is 3.38. The Bertz CT molecular complexity index is 1160. The number of nitrogens with one attached hydrogen (secondary N) is 1. The molecule has 1 aliphatic heterocycles. The fourth-order valence-corrected chi connectivity index (χ4v) is 4.67. The van der Waals surface area contributed by atoms with E-state index in [-0.39, 0.29) is 18.5 Å². The Labute approximate surface area is 195 Å². The quantitative estimate of drug-likeness (QED) is 0.570. The second kappa shape index (κ2) is 9.93. The molecule has 0 aliphatic carbocycles. The maximum atomic E-state index is 13.1. The molecule has 3 aromatic rings. The van der Waals surface area contributed by atoms with Gasteiger partial charge in [-0.15, -0.1) is 0 Å². The second-order valence-electron chi connectivity index (χ2n) is 8.57. The summed E-state index contributed by atoms with van der Waals surface area (Å²) in [6.45, 7) is 5.69. The largest absolute Gasteiger partial charge is 0.497 e. The van der Waals surface area contributed by atoms with Crippen LogP contribution in [0.15, 0.2) is 54.6 Å². The lowest BCUT2D eigenvalue weighted by atomic mass is 10.0. The molecule has 1 aliphatic rings. The number of benzene rings is 2. The lowest BCUT2D eigenvalue weighted by Crippen LogP contribution is -2.33. The predicted octanol–water partition coefficient (Wildman–Crippen LogP) is 4.81. The van der Waals surface area contributed by atoms with Gasteiger partial charge in [0.05, 0.1) is 19.2 Å². The van der Waals surface area contributed by atoms with E-state index < -0.39 is 0 Å². The van der Waals surface area contributed by atoms with Gasteiger partial charge >= 0.3 is 0 Å². The third-order valence-corrected chi connectivity index (χ3v) is 6.59. The molecule has 33 heavy (non-hydrogen) atoms. The van der Waals surface area contributed by atoms with Crippen molar-refractivity contribution in [2.24, 2.45) is 0 Å². The van der Waals surface area contributed by atoms with Crippen molar-refractivity contribution in [3.63, 3.8) is 0 Å². The number of hydrogen-bond acceptors (Lipinski definition) is 4. The van der Waals surface area contributed by atoms with Crippen molar-refractivity contribution in [1.82, 2.24) is 9.47 Å². The van der Waals surface area contributed by atoms with E-state index in [4.69, 9.17) is 4.74 Å². The Hall–Kier alpha value is -3.56. The minimum absolute atomic E-state index is 0.0984. The zero-order valence-electron chi connectivity index (χ0n) is 19.5. The van der Waals surface area contributed by atoms with Gasteiger partial charge in [-0.05, 0) is 62.1 Å². The van der Waals surface area contributed by atoms with E-state index in [1.165, 1.54) is 5.56 Å². The highest BCUT2D eigenvalue weighted by molar-refractivity contribution is 5.93. The van der Waals surface area contributed by atoms with Crippen molar-refractivity contribution in [3.05, 3.63) is 82.5 Å². The van der Waals surface area contributed by atoms with Crippen LogP contribution in [0.4, 0.5) is 5.82 Å². The molecule has 1 atom stereocenters. The highest BCUT2D eigenvalue weighted by Gasteiger charge is 2.28. The zero-order chi connectivity index (χ0) is 23.4. The van der Waals surface area contributed by atoms with Gasteiger partial charge < -0.3 is 14.6 Å². The third kappa shape index (κ3) is 4.79. The summed E-state index contributed by atoms with van der Waals surface area (Å²) in [7, 11) is 1.66. The summed E-state index contributed by atoms with van der Waals surface area (Å²) in [5.41, 5.74) is 4.74. The fraction of sp³-hybridized carbons (Fsp3) is 0.333. The number of methoxy groups -OCH3 is 1. The minimum atomic E-state index is -0.0984. The standard InChI is InChI=1S/C27H30N4O2/c1-19-20(2)31(17-21-8-5-4-6-9-21)27(24(19)16-28)29-26(32)18-30-15-7-10-25(30)22-11-13-23(33-3)14-12-22/h4-6,8-9,11-14,25H,7,10,15,17-18H2,1-3H3,(H,29,32)/t25-/m1/s1. The number of likely N-dealkylation sites (tertiary alicyclic amines) is 1. The molecule has 6 nitrogen and oxygen atoms in total. The van der Waals surface area contributed by atoms with Crippen molar-refractivity contribution in [2.45, 2.75) is 39.3 Å². The number of amides is 1. The summed E-state index contributed by atoms with van der Waals surface area (Å²) >= 11 is 0. The zero-order valence-corrected chi connectivity index (χ0v) is 19.5. The van der Waals surface area contributed by atoms with Crippen LogP contribution in [-0.4, -0.2) is 35.6 Å². The molecule has 0 spiro atoms. The normalized spacial score (nSPS) is 15.9. The third-order valence-electron chi connectivity index (χ3n) is 6.59. The highest BCUT2D eigenvalue weighted by atomic mass is 16.5. The number of hydrogen-bond donors (Lipinski definition) is 1. The first-order valence-electron chi connectivity index (χ1n) is 11.3. The van der Waals surface area contributed by atoms with Gasteiger partial charge in [-0.2, -0.15) is 5.26 Å². The molecule has 0 bridgehead atoms. The van der Waals surface area contributed by atoms with E-state index in [1.807, 2.05) is 48.7 Å². The number of nitrogens with zero attached hydrogens (tertiary/aromatic N) is 3. The van der Waals surface area contributed by atoms with Gasteiger partial charge in [0.2, 0.25) is 5.91 Å². The predicted molar refractivity (Wildman–Crippen MR) is 129 cm³/mol. The van der Waals surface area contributed by atoms with E-state index in [1.54, 1.807) is 7.11 Å². The topological polar surface area (TPSA) is 70.3 Å². The first-order valence-corrected chi connectivity index (χ1v) is 11.3. The second-order valence-corrected chi connectivity index (χ2v) is 8.57. The van der Waals surface area contributed by atoms with Crippen molar-refractivity contribution < 1.29 is 9.53 Å². The first kappa shape index (κ1) is 22.6. The summed E-state index contributed by atoms with van der Waals surface area (Å²) in [4.78, 5) is 15.4. The van der Waals surface area contributed by atoms with Gasteiger partial charge in [-0.25, -0.2) is 0 Å². The van der Waals surface area contributed by atoms with Crippen molar-refractivity contribution >= 4 is 11.7 Å². The summed E-state index contributed by atoms with van der Waals surface area (Å²) < 4.78 is 7.30. The number of anilines is 1. The summed E-state index contributed by atoms with van der Waals surface area (Å²) in [6, 6.07) is 20.7. The van der Waals surface area contributed by atoms with Crippen LogP contribution in [0.5, 0.6) is 5.75 Å². The van der Waals surface area contributed by atoms with Crippen LogP contribution in [-0.2, 0) is 11.3 Å². The smallest absolute Gasteiger partial charge is 0.239 e. The Morgan fingerprint density at radius 3 is 2.55 bits per heavy atom. The van der Waals surface area contributed by atoms with Gasteiger partial charge in [-0.1, -0.05) is 42.5 Å². The van der Waals surface area contributed by atoms with Gasteiger partial charge in [0.25, 0.3) is 0 Å². The van der Waals surface area contributed by atoms with Crippen LogP contribution >= 0.6 is 0 Å². The number of carbonyl (C=O) groups excluding carboxylic acids is 1. The van der Waals surface area contributed by atoms with Crippen LogP contribution in [0, 0.1) is 25.2 Å². The SMILES string of the molecule is COc1ccc([C@H]2CCCN2CC(=O)Nc2c(C#N)c(C)c(C)n2Cc2ccccc2)cc1. The summed E-state index contributed by atoms with van der Waals surface area (Å²) in [6.07, 6.45) is 2.07. The summed E-state index contributed by atoms with van der Waals surface area (Å²) in [5.74, 6) is 1.32. The fourth-order valence-electron chi connectivity index (χ4n) is 4.67. The maximum absolute atomic E-state index is 13.1. The molecule has 0 radical (unpaired) electrons. The molecule has 2 heterocycles. The Morgan fingerprint density at radius 2 is 1.88 bits per heavy atom. The number of rotatable bonds is 7. The van der Waals surface area contributed by atoms with Gasteiger partial charge in [0.15, 0.2) is 0 Å². The number of carbonyl (C=O) groups is 1. The molecule has 2 aromatic carbocycles. The molecular weight excluding hydrogens is 412 g/mol. The highest BCUT2D eigenvalue weighted by Crippen LogP contribution is 2.33.